The molecule has 4 heteroatoms. The van der Waals surface area contributed by atoms with E-state index in [0.717, 1.165) is 24.7 Å². The van der Waals surface area contributed by atoms with Crippen molar-refractivity contribution in [1.82, 2.24) is 4.90 Å². The molecule has 0 unspecified atom stereocenters. The maximum atomic E-state index is 11.8. The largest absolute Gasteiger partial charge is 0.443 e. The molecule has 17 heavy (non-hydrogen) atoms. The van der Waals surface area contributed by atoms with Crippen molar-refractivity contribution in [1.29, 1.82) is 0 Å². The fraction of sp³-hybridized carbons (Fsp3) is 0.462. The maximum absolute atomic E-state index is 11.8. The van der Waals surface area contributed by atoms with Crippen LogP contribution in [0.2, 0.25) is 0 Å². The van der Waals surface area contributed by atoms with Crippen LogP contribution in [-0.2, 0) is 11.2 Å². The standard InChI is InChI=1S/C13H14BrNO2/c14-6-3-7-15-12-10-5-2-1-4-9(10)8-11(12)17-13(15)16/h1-2,4-5,11-12H,3,6-8H2/t11-,12+/m0/s1. The minimum absolute atomic E-state index is 0.0234. The van der Waals surface area contributed by atoms with E-state index < -0.39 is 0 Å². The van der Waals surface area contributed by atoms with E-state index >= 15 is 0 Å². The third-order valence-electron chi connectivity index (χ3n) is 3.50. The zero-order chi connectivity index (χ0) is 11.8. The molecule has 0 N–H and O–H groups in total. The molecule has 2 atom stereocenters. The van der Waals surface area contributed by atoms with Gasteiger partial charge < -0.3 is 4.74 Å². The predicted molar refractivity (Wildman–Crippen MR) is 68.3 cm³/mol. The lowest BCUT2D eigenvalue weighted by molar-refractivity contribution is 0.132. The van der Waals surface area contributed by atoms with Crippen LogP contribution in [0.25, 0.3) is 0 Å². The highest BCUT2D eigenvalue weighted by Crippen LogP contribution is 2.42. The molecule has 1 aliphatic carbocycles. The Balaban J connectivity index is 1.90. The summed E-state index contributed by atoms with van der Waals surface area (Å²) in [5.41, 5.74) is 2.58. The number of benzene rings is 1. The quantitative estimate of drug-likeness (QED) is 0.803. The normalized spacial score (nSPS) is 25.7. The average Bonchev–Trinajstić information content (AvgIpc) is 2.82. The molecule has 1 saturated heterocycles. The van der Waals surface area contributed by atoms with Crippen LogP contribution in [0.1, 0.15) is 23.6 Å². The summed E-state index contributed by atoms with van der Waals surface area (Å²) in [4.78, 5) is 13.7. The highest BCUT2D eigenvalue weighted by atomic mass is 79.9. The summed E-state index contributed by atoms with van der Waals surface area (Å²) in [5, 5.41) is 0.913. The molecule has 0 saturated carbocycles. The Hall–Kier alpha value is -1.03. The van der Waals surface area contributed by atoms with Crippen LogP contribution >= 0.6 is 15.9 Å². The number of hydrogen-bond donors (Lipinski definition) is 0. The lowest BCUT2D eigenvalue weighted by Gasteiger charge is -2.20. The van der Waals surface area contributed by atoms with Crippen molar-refractivity contribution in [3.05, 3.63) is 35.4 Å². The van der Waals surface area contributed by atoms with Crippen molar-refractivity contribution in [3.63, 3.8) is 0 Å². The number of nitrogens with zero attached hydrogens (tertiary/aromatic N) is 1. The fourth-order valence-corrected chi connectivity index (χ4v) is 3.03. The monoisotopic (exact) mass is 295 g/mol. The summed E-state index contributed by atoms with van der Waals surface area (Å²) in [6, 6.07) is 8.46. The summed E-state index contributed by atoms with van der Waals surface area (Å²) in [7, 11) is 0. The van der Waals surface area contributed by atoms with E-state index in [4.69, 9.17) is 4.74 Å². The molecule has 1 aromatic carbocycles. The fourth-order valence-electron chi connectivity index (χ4n) is 2.78. The summed E-state index contributed by atoms with van der Waals surface area (Å²) in [5.74, 6) is 0. The highest BCUT2D eigenvalue weighted by Gasteiger charge is 2.46. The first kappa shape index (κ1) is 11.1. The van der Waals surface area contributed by atoms with Gasteiger partial charge in [0.2, 0.25) is 0 Å². The summed E-state index contributed by atoms with van der Waals surface area (Å²) in [6.45, 7) is 0.763. The predicted octanol–water partition coefficient (Wildman–Crippen LogP) is 2.89. The zero-order valence-corrected chi connectivity index (χ0v) is 11.0. The van der Waals surface area contributed by atoms with Gasteiger partial charge in [0, 0.05) is 18.3 Å². The van der Waals surface area contributed by atoms with Gasteiger partial charge in [0.05, 0.1) is 6.04 Å². The van der Waals surface area contributed by atoms with Gasteiger partial charge in [-0.1, -0.05) is 40.2 Å². The molecule has 0 radical (unpaired) electrons. The molecular formula is C13H14BrNO2. The lowest BCUT2D eigenvalue weighted by atomic mass is 10.1. The average molecular weight is 296 g/mol. The Morgan fingerprint density at radius 3 is 3.06 bits per heavy atom. The summed E-state index contributed by atoms with van der Waals surface area (Å²) >= 11 is 3.40. The van der Waals surface area contributed by atoms with Crippen molar-refractivity contribution in [2.45, 2.75) is 25.0 Å². The Kier molecular flexibility index (Phi) is 2.82. The molecule has 1 aliphatic heterocycles. The number of halogens is 1. The van der Waals surface area contributed by atoms with Crippen molar-refractivity contribution in [2.24, 2.45) is 0 Å². The van der Waals surface area contributed by atoms with Crippen LogP contribution in [0.15, 0.2) is 24.3 Å². The summed E-state index contributed by atoms with van der Waals surface area (Å²) in [6.07, 6.45) is 1.68. The van der Waals surface area contributed by atoms with E-state index in [1.165, 1.54) is 11.1 Å². The number of amides is 1. The van der Waals surface area contributed by atoms with Gasteiger partial charge in [0.25, 0.3) is 0 Å². The number of alkyl halides is 1. The van der Waals surface area contributed by atoms with E-state index in [2.05, 4.69) is 28.1 Å². The van der Waals surface area contributed by atoms with E-state index in [0.29, 0.717) is 0 Å². The van der Waals surface area contributed by atoms with Crippen LogP contribution in [0.4, 0.5) is 4.79 Å². The molecule has 0 aromatic heterocycles. The molecule has 3 nitrogen and oxygen atoms in total. The number of fused-ring (bicyclic) bond motifs is 3. The number of rotatable bonds is 3. The third-order valence-corrected chi connectivity index (χ3v) is 4.06. The van der Waals surface area contributed by atoms with Gasteiger partial charge in [0.15, 0.2) is 0 Å². The second-order valence-electron chi connectivity index (χ2n) is 4.51. The minimum Gasteiger partial charge on any atom is -0.443 e. The maximum Gasteiger partial charge on any atom is 0.410 e. The van der Waals surface area contributed by atoms with Crippen molar-refractivity contribution < 1.29 is 9.53 Å². The van der Waals surface area contributed by atoms with Gasteiger partial charge in [-0.25, -0.2) is 4.79 Å². The summed E-state index contributed by atoms with van der Waals surface area (Å²) < 4.78 is 5.45. The molecule has 0 spiro atoms. The Labute approximate surface area is 109 Å². The second kappa shape index (κ2) is 4.33. The second-order valence-corrected chi connectivity index (χ2v) is 5.30. The van der Waals surface area contributed by atoms with Crippen LogP contribution in [0.5, 0.6) is 0 Å². The number of carbonyl (C=O) groups is 1. The van der Waals surface area contributed by atoms with Crippen LogP contribution < -0.4 is 0 Å². The molecule has 1 fully saturated rings. The Morgan fingerprint density at radius 2 is 2.24 bits per heavy atom. The first-order valence-electron chi connectivity index (χ1n) is 5.92. The number of hydrogen-bond acceptors (Lipinski definition) is 2. The highest BCUT2D eigenvalue weighted by molar-refractivity contribution is 9.09. The van der Waals surface area contributed by atoms with E-state index in [1.54, 1.807) is 0 Å². The first-order valence-corrected chi connectivity index (χ1v) is 7.04. The third kappa shape index (κ3) is 1.75. The smallest absolute Gasteiger partial charge is 0.410 e. The molecule has 1 amide bonds. The van der Waals surface area contributed by atoms with Crippen molar-refractivity contribution in [3.8, 4) is 0 Å². The SMILES string of the molecule is O=C1O[C@H]2Cc3ccccc3[C@H]2N1CCCBr. The topological polar surface area (TPSA) is 29.5 Å². The molecule has 3 rings (SSSR count). The van der Waals surface area contributed by atoms with Gasteiger partial charge >= 0.3 is 6.09 Å². The molecule has 90 valence electrons. The van der Waals surface area contributed by atoms with E-state index in [1.807, 2.05) is 17.0 Å². The van der Waals surface area contributed by atoms with Crippen molar-refractivity contribution in [2.75, 3.05) is 11.9 Å². The molecule has 1 aromatic rings. The number of carbonyl (C=O) groups excluding carboxylic acids is 1. The minimum atomic E-state index is -0.157. The first-order chi connectivity index (χ1) is 8.31. The van der Waals surface area contributed by atoms with Gasteiger partial charge in [-0.15, -0.1) is 0 Å². The molecular weight excluding hydrogens is 282 g/mol. The Bertz CT molecular complexity index is 449. The zero-order valence-electron chi connectivity index (χ0n) is 9.43. The number of ether oxygens (including phenoxy) is 1. The molecule has 0 bridgehead atoms. The van der Waals surface area contributed by atoms with E-state index in [9.17, 15) is 4.79 Å². The Morgan fingerprint density at radius 1 is 1.41 bits per heavy atom. The van der Waals surface area contributed by atoms with Crippen LogP contribution in [0.3, 0.4) is 0 Å². The van der Waals surface area contributed by atoms with Crippen LogP contribution in [-0.4, -0.2) is 29.0 Å². The van der Waals surface area contributed by atoms with Crippen LogP contribution in [0, 0.1) is 0 Å². The van der Waals surface area contributed by atoms with Gasteiger partial charge in [-0.3, -0.25) is 4.90 Å². The van der Waals surface area contributed by atoms with Gasteiger partial charge in [-0.2, -0.15) is 0 Å². The van der Waals surface area contributed by atoms with Crippen molar-refractivity contribution >= 4 is 22.0 Å². The van der Waals surface area contributed by atoms with E-state index in [-0.39, 0.29) is 18.2 Å². The molecule has 1 heterocycles. The molecule has 2 aliphatic rings. The van der Waals surface area contributed by atoms with Gasteiger partial charge in [-0.05, 0) is 17.5 Å². The van der Waals surface area contributed by atoms with Gasteiger partial charge in [0.1, 0.15) is 6.10 Å². The lowest BCUT2D eigenvalue weighted by Crippen LogP contribution is -2.29.